The van der Waals surface area contributed by atoms with Crippen molar-refractivity contribution < 1.29 is 9.21 Å². The second-order valence-corrected chi connectivity index (χ2v) is 6.05. The fourth-order valence-electron chi connectivity index (χ4n) is 3.15. The number of benzene rings is 1. The Hall–Kier alpha value is -2.10. The third-order valence-electron chi connectivity index (χ3n) is 4.43. The predicted octanol–water partition coefficient (Wildman–Crippen LogP) is 3.47. The van der Waals surface area contributed by atoms with E-state index >= 15 is 0 Å². The Kier molecular flexibility index (Phi) is 4.56. The van der Waals surface area contributed by atoms with Crippen LogP contribution in [0.1, 0.15) is 41.1 Å². The molecule has 1 aliphatic rings. The monoisotopic (exact) mass is 298 g/mol. The van der Waals surface area contributed by atoms with Crippen molar-refractivity contribution in [3.63, 3.8) is 0 Å². The normalized spacial score (nSPS) is 18.4. The van der Waals surface area contributed by atoms with Gasteiger partial charge in [0.15, 0.2) is 6.39 Å². The van der Waals surface area contributed by atoms with Gasteiger partial charge in [-0.1, -0.05) is 30.3 Å². The molecule has 4 nitrogen and oxygen atoms in total. The molecular weight excluding hydrogens is 276 g/mol. The third-order valence-corrected chi connectivity index (χ3v) is 4.43. The van der Waals surface area contributed by atoms with Crippen LogP contribution in [0, 0.1) is 12.8 Å². The summed E-state index contributed by atoms with van der Waals surface area (Å²) in [6.45, 7) is 3.46. The maximum absolute atomic E-state index is 12.5. The van der Waals surface area contributed by atoms with Crippen molar-refractivity contribution in [1.29, 1.82) is 0 Å². The number of nitrogens with zero attached hydrogens (tertiary/aromatic N) is 2. The second-order valence-electron chi connectivity index (χ2n) is 6.05. The minimum Gasteiger partial charge on any atom is -0.438 e. The van der Waals surface area contributed by atoms with Crippen molar-refractivity contribution >= 4 is 5.91 Å². The fourth-order valence-corrected chi connectivity index (χ4v) is 3.15. The van der Waals surface area contributed by atoms with Crippen molar-refractivity contribution in [3.05, 3.63) is 53.7 Å². The van der Waals surface area contributed by atoms with Crippen molar-refractivity contribution in [1.82, 2.24) is 9.88 Å². The van der Waals surface area contributed by atoms with Crippen LogP contribution in [0.4, 0.5) is 0 Å². The van der Waals surface area contributed by atoms with E-state index in [-0.39, 0.29) is 5.91 Å². The van der Waals surface area contributed by atoms with E-state index in [1.54, 1.807) is 0 Å². The fraction of sp³-hybridized carbons (Fsp3) is 0.444. The van der Waals surface area contributed by atoms with Gasteiger partial charge in [-0.3, -0.25) is 4.79 Å². The molecule has 1 atom stereocenters. The zero-order valence-electron chi connectivity index (χ0n) is 13.0. The van der Waals surface area contributed by atoms with E-state index in [2.05, 4.69) is 29.2 Å². The summed E-state index contributed by atoms with van der Waals surface area (Å²) >= 11 is 0. The summed E-state index contributed by atoms with van der Waals surface area (Å²) in [5.41, 5.74) is 2.05. The Labute approximate surface area is 131 Å². The number of carbonyl (C=O) groups is 1. The van der Waals surface area contributed by atoms with E-state index in [4.69, 9.17) is 4.42 Å². The van der Waals surface area contributed by atoms with E-state index in [1.807, 2.05) is 17.9 Å². The van der Waals surface area contributed by atoms with Gasteiger partial charge in [0.05, 0.1) is 5.69 Å². The molecule has 0 bridgehead atoms. The van der Waals surface area contributed by atoms with E-state index in [1.165, 1.54) is 18.4 Å². The number of piperidine rings is 1. The number of aryl methyl sites for hydroxylation is 2. The largest absolute Gasteiger partial charge is 0.438 e. The smallest absolute Gasteiger partial charge is 0.291 e. The van der Waals surface area contributed by atoms with Crippen LogP contribution in [-0.2, 0) is 6.42 Å². The molecule has 1 aliphatic heterocycles. The Bertz CT molecular complexity index is 621. The van der Waals surface area contributed by atoms with E-state index < -0.39 is 0 Å². The SMILES string of the molecule is Cc1ncoc1C(=O)N1CCCC(CCc2ccccc2)C1. The molecule has 0 radical (unpaired) electrons. The van der Waals surface area contributed by atoms with Gasteiger partial charge >= 0.3 is 0 Å². The molecular formula is C18H22N2O2. The Morgan fingerprint density at radius 2 is 2.18 bits per heavy atom. The first-order valence-corrected chi connectivity index (χ1v) is 7.97. The number of carbonyl (C=O) groups excluding carboxylic acids is 1. The van der Waals surface area contributed by atoms with E-state index in [0.717, 1.165) is 32.4 Å². The lowest BCUT2D eigenvalue weighted by molar-refractivity contribution is 0.0635. The van der Waals surface area contributed by atoms with Gasteiger partial charge in [-0.2, -0.15) is 0 Å². The first kappa shape index (κ1) is 14.8. The quantitative estimate of drug-likeness (QED) is 0.868. The van der Waals surface area contributed by atoms with E-state index in [0.29, 0.717) is 17.4 Å². The van der Waals surface area contributed by atoms with Crippen molar-refractivity contribution in [2.24, 2.45) is 5.92 Å². The Morgan fingerprint density at radius 1 is 1.36 bits per heavy atom. The summed E-state index contributed by atoms with van der Waals surface area (Å²) in [5.74, 6) is 0.948. The standard InChI is InChI=1S/C18H22N2O2/c1-14-17(22-13-19-14)18(21)20-11-5-8-16(12-20)10-9-15-6-3-2-4-7-15/h2-4,6-7,13,16H,5,8-12H2,1H3. The second kappa shape index (κ2) is 6.77. The molecule has 0 spiro atoms. The van der Waals surface area contributed by atoms with Crippen LogP contribution in [0.15, 0.2) is 41.1 Å². The molecule has 1 aromatic carbocycles. The lowest BCUT2D eigenvalue weighted by Crippen LogP contribution is -2.40. The van der Waals surface area contributed by atoms with Gasteiger partial charge in [-0.05, 0) is 44.1 Å². The lowest BCUT2D eigenvalue weighted by Gasteiger charge is -2.32. The maximum atomic E-state index is 12.5. The summed E-state index contributed by atoms with van der Waals surface area (Å²) in [7, 11) is 0. The molecule has 1 amide bonds. The highest BCUT2D eigenvalue weighted by Crippen LogP contribution is 2.23. The molecule has 22 heavy (non-hydrogen) atoms. The summed E-state index contributed by atoms with van der Waals surface area (Å²) in [5, 5.41) is 0. The van der Waals surface area contributed by atoms with E-state index in [9.17, 15) is 4.79 Å². The maximum Gasteiger partial charge on any atom is 0.291 e. The molecule has 0 saturated carbocycles. The zero-order valence-corrected chi connectivity index (χ0v) is 13.0. The molecule has 1 fully saturated rings. The van der Waals surface area contributed by atoms with Gasteiger partial charge < -0.3 is 9.32 Å². The van der Waals surface area contributed by atoms with Gasteiger partial charge in [0, 0.05) is 13.1 Å². The third kappa shape index (κ3) is 3.38. The minimum atomic E-state index is -0.0144. The number of oxazole rings is 1. The van der Waals surface area contributed by atoms with Gasteiger partial charge in [0.25, 0.3) is 5.91 Å². The first-order valence-electron chi connectivity index (χ1n) is 7.97. The number of likely N-dealkylation sites (tertiary alicyclic amines) is 1. The van der Waals surface area contributed by atoms with Crippen LogP contribution in [0.25, 0.3) is 0 Å². The molecule has 4 heteroatoms. The van der Waals surface area contributed by atoms with Gasteiger partial charge in [-0.25, -0.2) is 4.98 Å². The van der Waals surface area contributed by atoms with Crippen molar-refractivity contribution in [2.45, 2.75) is 32.6 Å². The molecule has 116 valence electrons. The van der Waals surface area contributed by atoms with Crippen LogP contribution in [-0.4, -0.2) is 28.9 Å². The molecule has 3 rings (SSSR count). The summed E-state index contributed by atoms with van der Waals surface area (Å²) in [6.07, 6.45) is 5.82. The molecule has 1 aromatic heterocycles. The number of hydrogen-bond donors (Lipinski definition) is 0. The first-order chi connectivity index (χ1) is 10.7. The number of hydrogen-bond acceptors (Lipinski definition) is 3. The van der Waals surface area contributed by atoms with Gasteiger partial charge in [-0.15, -0.1) is 0 Å². The average Bonchev–Trinajstić information content (AvgIpc) is 2.99. The van der Waals surface area contributed by atoms with Crippen LogP contribution in [0.2, 0.25) is 0 Å². The Morgan fingerprint density at radius 3 is 2.91 bits per heavy atom. The highest BCUT2D eigenvalue weighted by Gasteiger charge is 2.27. The molecule has 2 aromatic rings. The Balaban J connectivity index is 1.57. The van der Waals surface area contributed by atoms with Gasteiger partial charge in [0.1, 0.15) is 0 Å². The average molecular weight is 298 g/mol. The summed E-state index contributed by atoms with van der Waals surface area (Å²) < 4.78 is 5.24. The highest BCUT2D eigenvalue weighted by atomic mass is 16.3. The minimum absolute atomic E-state index is 0.0144. The molecule has 1 unspecified atom stereocenters. The van der Waals surface area contributed by atoms with Crippen LogP contribution < -0.4 is 0 Å². The van der Waals surface area contributed by atoms with Crippen molar-refractivity contribution in [3.8, 4) is 0 Å². The van der Waals surface area contributed by atoms with Gasteiger partial charge in [0.2, 0.25) is 5.76 Å². The lowest BCUT2D eigenvalue weighted by atomic mass is 9.91. The molecule has 2 heterocycles. The number of aromatic nitrogens is 1. The number of rotatable bonds is 4. The molecule has 0 aliphatic carbocycles. The topological polar surface area (TPSA) is 46.3 Å². The summed E-state index contributed by atoms with van der Waals surface area (Å²) in [6, 6.07) is 10.6. The molecule has 1 saturated heterocycles. The number of amides is 1. The van der Waals surface area contributed by atoms with Crippen LogP contribution in [0.5, 0.6) is 0 Å². The summed E-state index contributed by atoms with van der Waals surface area (Å²) in [4.78, 5) is 18.4. The van der Waals surface area contributed by atoms with Crippen molar-refractivity contribution in [2.75, 3.05) is 13.1 Å². The highest BCUT2D eigenvalue weighted by molar-refractivity contribution is 5.92. The zero-order chi connectivity index (χ0) is 15.4. The van der Waals surface area contributed by atoms with Crippen LogP contribution in [0.3, 0.4) is 0 Å². The molecule has 0 N–H and O–H groups in total. The predicted molar refractivity (Wildman–Crippen MR) is 84.6 cm³/mol. The van der Waals surface area contributed by atoms with Crippen LogP contribution >= 0.6 is 0 Å².